The number of benzene rings is 4. The minimum Gasteiger partial charge on any atom is -0.208 e. The van der Waals surface area contributed by atoms with Crippen LogP contribution in [0.15, 0.2) is 109 Å². The highest BCUT2D eigenvalue weighted by molar-refractivity contribution is 6.30. The molecule has 0 amide bonds. The maximum absolute atomic E-state index is 6.05. The van der Waals surface area contributed by atoms with E-state index in [0.717, 1.165) is 32.8 Å². The lowest BCUT2D eigenvalue weighted by Crippen LogP contribution is -2.00. The fraction of sp³-hybridized carbons (Fsp3) is 0.0690. The molecule has 0 aliphatic heterocycles. The molecule has 162 valence electrons. The van der Waals surface area contributed by atoms with Gasteiger partial charge in [-0.15, -0.1) is 0 Å². The summed E-state index contributed by atoms with van der Waals surface area (Å²) in [4.78, 5) is 14.4. The third kappa shape index (κ3) is 5.33. The molecule has 0 radical (unpaired) electrons. The van der Waals surface area contributed by atoms with E-state index < -0.39 is 0 Å². The first-order valence-electron chi connectivity index (χ1n) is 11.0. The van der Waals surface area contributed by atoms with Crippen molar-refractivity contribution in [1.82, 2.24) is 15.0 Å². The molecule has 33 heavy (non-hydrogen) atoms. The zero-order valence-electron chi connectivity index (χ0n) is 18.6. The number of rotatable bonds is 4. The van der Waals surface area contributed by atoms with Crippen molar-refractivity contribution in [2.75, 3.05) is 0 Å². The molecule has 1 aromatic heterocycles. The Labute approximate surface area is 199 Å². The van der Waals surface area contributed by atoms with E-state index in [4.69, 9.17) is 26.6 Å². The molecule has 4 heteroatoms. The molecule has 0 spiro atoms. The number of hydrogen-bond acceptors (Lipinski definition) is 3. The zero-order chi connectivity index (χ0) is 23.0. The Bertz CT molecular complexity index is 1260. The van der Waals surface area contributed by atoms with Crippen LogP contribution in [0.4, 0.5) is 0 Å². The molecule has 0 N–H and O–H groups in total. The van der Waals surface area contributed by atoms with Crippen molar-refractivity contribution in [3.8, 4) is 45.3 Å². The molecule has 5 aromatic rings. The summed E-state index contributed by atoms with van der Waals surface area (Å²) in [5.74, 6) is 1.95. The molecule has 0 bridgehead atoms. The van der Waals surface area contributed by atoms with Gasteiger partial charge in [0.05, 0.1) is 0 Å². The van der Waals surface area contributed by atoms with Crippen LogP contribution in [0.1, 0.15) is 13.8 Å². The van der Waals surface area contributed by atoms with Crippen LogP contribution in [-0.2, 0) is 0 Å². The van der Waals surface area contributed by atoms with Gasteiger partial charge in [0, 0.05) is 21.7 Å². The van der Waals surface area contributed by atoms with Crippen LogP contribution in [0.5, 0.6) is 0 Å². The first kappa shape index (κ1) is 22.4. The predicted octanol–water partition coefficient (Wildman–Crippen LogP) is 8.22. The van der Waals surface area contributed by atoms with E-state index in [1.54, 1.807) is 0 Å². The monoisotopic (exact) mass is 449 g/mol. The molecule has 0 atom stereocenters. The predicted molar refractivity (Wildman–Crippen MR) is 138 cm³/mol. The van der Waals surface area contributed by atoms with Gasteiger partial charge in [-0.1, -0.05) is 116 Å². The van der Waals surface area contributed by atoms with Crippen molar-refractivity contribution in [2.24, 2.45) is 0 Å². The topological polar surface area (TPSA) is 38.7 Å². The van der Waals surface area contributed by atoms with Crippen LogP contribution in [0, 0.1) is 0 Å². The van der Waals surface area contributed by atoms with Crippen molar-refractivity contribution in [2.45, 2.75) is 13.8 Å². The number of nitrogens with zero attached hydrogens (tertiary/aromatic N) is 3. The molecule has 0 fully saturated rings. The maximum Gasteiger partial charge on any atom is 0.164 e. The Hall–Kier alpha value is -3.82. The van der Waals surface area contributed by atoms with Crippen molar-refractivity contribution in [3.05, 3.63) is 114 Å². The van der Waals surface area contributed by atoms with E-state index in [1.807, 2.05) is 111 Å². The van der Waals surface area contributed by atoms with Crippen LogP contribution in [0.2, 0.25) is 5.02 Å². The van der Waals surface area contributed by atoms with Crippen LogP contribution in [0.3, 0.4) is 0 Å². The van der Waals surface area contributed by atoms with Crippen molar-refractivity contribution in [3.63, 3.8) is 0 Å². The summed E-state index contributed by atoms with van der Waals surface area (Å²) in [6, 6.07) is 36.0. The fourth-order valence-corrected chi connectivity index (χ4v) is 3.54. The Kier molecular flexibility index (Phi) is 7.23. The average Bonchev–Trinajstić information content (AvgIpc) is 2.91. The smallest absolute Gasteiger partial charge is 0.164 e. The second kappa shape index (κ2) is 10.7. The van der Waals surface area contributed by atoms with Crippen molar-refractivity contribution < 1.29 is 0 Å². The Balaban J connectivity index is 0.00000126. The van der Waals surface area contributed by atoms with Crippen LogP contribution >= 0.6 is 11.6 Å². The van der Waals surface area contributed by atoms with E-state index >= 15 is 0 Å². The summed E-state index contributed by atoms with van der Waals surface area (Å²) in [5.41, 5.74) is 5.02. The molecule has 5 rings (SSSR count). The molecular weight excluding hydrogens is 426 g/mol. The molecule has 0 saturated heterocycles. The maximum atomic E-state index is 6.05. The summed E-state index contributed by atoms with van der Waals surface area (Å²) < 4.78 is 0. The van der Waals surface area contributed by atoms with Crippen LogP contribution in [0.25, 0.3) is 45.3 Å². The van der Waals surface area contributed by atoms with Gasteiger partial charge in [0.2, 0.25) is 0 Å². The lowest BCUT2D eigenvalue weighted by Gasteiger charge is -2.09. The normalized spacial score (nSPS) is 10.3. The molecule has 4 aromatic carbocycles. The summed E-state index contributed by atoms with van der Waals surface area (Å²) in [5, 5.41) is 0.720. The van der Waals surface area contributed by atoms with Gasteiger partial charge in [0.25, 0.3) is 0 Å². The number of halogens is 1. The highest BCUT2D eigenvalue weighted by Crippen LogP contribution is 2.28. The first-order valence-corrected chi connectivity index (χ1v) is 11.4. The SMILES string of the molecule is CC.Clc1ccc(-c2cccc(-c3nc(-c4ccccc4)nc(-c4ccccc4)n3)c2)cc1. The third-order valence-corrected chi connectivity index (χ3v) is 5.25. The van der Waals surface area contributed by atoms with Gasteiger partial charge in [-0.25, -0.2) is 15.0 Å². The van der Waals surface area contributed by atoms with Crippen LogP contribution < -0.4 is 0 Å². The minimum absolute atomic E-state index is 0.642. The standard InChI is InChI=1S/C27H18ClN3.C2H6/c28-24-16-14-19(15-17-24)22-12-7-13-23(18-22)27-30-25(20-8-3-1-4-9-20)29-26(31-27)21-10-5-2-6-11-21;1-2/h1-18H;1-2H3. The summed E-state index contributed by atoms with van der Waals surface area (Å²) >= 11 is 6.05. The molecule has 1 heterocycles. The average molecular weight is 450 g/mol. The minimum atomic E-state index is 0.642. The van der Waals surface area contributed by atoms with Crippen molar-refractivity contribution >= 4 is 11.6 Å². The van der Waals surface area contributed by atoms with E-state index in [-0.39, 0.29) is 0 Å². The van der Waals surface area contributed by atoms with Gasteiger partial charge in [0.15, 0.2) is 17.5 Å². The largest absolute Gasteiger partial charge is 0.208 e. The molecule has 3 nitrogen and oxygen atoms in total. The zero-order valence-corrected chi connectivity index (χ0v) is 19.4. The third-order valence-electron chi connectivity index (χ3n) is 5.00. The molecule has 0 saturated carbocycles. The molecule has 0 unspecified atom stereocenters. The first-order chi connectivity index (χ1) is 16.3. The highest BCUT2D eigenvalue weighted by Gasteiger charge is 2.12. The quantitative estimate of drug-likeness (QED) is 0.277. The van der Waals surface area contributed by atoms with Gasteiger partial charge >= 0.3 is 0 Å². The highest BCUT2D eigenvalue weighted by atomic mass is 35.5. The van der Waals surface area contributed by atoms with Gasteiger partial charge in [-0.3, -0.25) is 0 Å². The van der Waals surface area contributed by atoms with E-state index in [0.29, 0.717) is 17.5 Å². The Morgan fingerprint density at radius 1 is 0.424 bits per heavy atom. The fourth-order valence-electron chi connectivity index (χ4n) is 3.42. The van der Waals surface area contributed by atoms with Crippen LogP contribution in [-0.4, -0.2) is 15.0 Å². The van der Waals surface area contributed by atoms with Gasteiger partial charge in [-0.05, 0) is 29.3 Å². The number of aromatic nitrogens is 3. The van der Waals surface area contributed by atoms with Gasteiger partial charge in [-0.2, -0.15) is 0 Å². The van der Waals surface area contributed by atoms with E-state index in [2.05, 4.69) is 12.1 Å². The van der Waals surface area contributed by atoms with Gasteiger partial charge in [0.1, 0.15) is 0 Å². The second-order valence-corrected chi connectivity index (χ2v) is 7.56. The van der Waals surface area contributed by atoms with E-state index in [9.17, 15) is 0 Å². The molecular formula is C29H24ClN3. The Morgan fingerprint density at radius 3 is 1.36 bits per heavy atom. The summed E-state index contributed by atoms with van der Waals surface area (Å²) in [6.45, 7) is 4.00. The molecule has 0 aliphatic rings. The summed E-state index contributed by atoms with van der Waals surface area (Å²) in [7, 11) is 0. The summed E-state index contributed by atoms with van der Waals surface area (Å²) in [6.07, 6.45) is 0. The van der Waals surface area contributed by atoms with E-state index in [1.165, 1.54) is 0 Å². The lowest BCUT2D eigenvalue weighted by molar-refractivity contribution is 1.07. The lowest BCUT2D eigenvalue weighted by atomic mass is 10.0. The van der Waals surface area contributed by atoms with Crippen molar-refractivity contribution in [1.29, 1.82) is 0 Å². The Morgan fingerprint density at radius 2 is 0.848 bits per heavy atom. The molecule has 0 aliphatic carbocycles. The number of hydrogen-bond donors (Lipinski definition) is 0. The second-order valence-electron chi connectivity index (χ2n) is 7.13. The van der Waals surface area contributed by atoms with Gasteiger partial charge < -0.3 is 0 Å².